The fourth-order valence-corrected chi connectivity index (χ4v) is 3.89. The number of carbonyl (C=O) groups excluding carboxylic acids is 1. The maximum absolute atomic E-state index is 12.6. The van der Waals surface area contributed by atoms with E-state index in [2.05, 4.69) is 10.0 Å². The Bertz CT molecular complexity index is 928. The number of ether oxygens (including phenoxy) is 2. The number of hydrogen-bond acceptors (Lipinski definition) is 5. The van der Waals surface area contributed by atoms with Crippen molar-refractivity contribution in [1.29, 1.82) is 0 Å². The molecule has 1 unspecified atom stereocenters. The number of nitrogens with one attached hydrogen (secondary N) is 2. The maximum atomic E-state index is 12.6. The standard InChI is InChI=1S/C16H15ClN2O5S/c1-9-16(20)18-13-7-12(17)15(8-14(13)24-9)25(21,22)19-10-3-5-11(23-2)6-4-10/h3-9,19H,1-2H3,(H,18,20). The lowest BCUT2D eigenvalue weighted by Crippen LogP contribution is -2.34. The first-order chi connectivity index (χ1) is 11.8. The summed E-state index contributed by atoms with van der Waals surface area (Å²) < 4.78 is 38.2. The number of amides is 1. The lowest BCUT2D eigenvalue weighted by atomic mass is 10.2. The molecule has 1 atom stereocenters. The van der Waals surface area contributed by atoms with Gasteiger partial charge in [-0.3, -0.25) is 9.52 Å². The van der Waals surface area contributed by atoms with Crippen LogP contribution in [0.15, 0.2) is 41.3 Å². The number of fused-ring (bicyclic) bond motifs is 1. The predicted octanol–water partition coefficient (Wildman–Crippen LogP) is 2.87. The Balaban J connectivity index is 1.94. The minimum atomic E-state index is -3.94. The van der Waals surface area contributed by atoms with Gasteiger partial charge in [0.1, 0.15) is 16.4 Å². The number of methoxy groups -OCH3 is 1. The van der Waals surface area contributed by atoms with Gasteiger partial charge in [0.2, 0.25) is 0 Å². The van der Waals surface area contributed by atoms with Gasteiger partial charge in [0.25, 0.3) is 15.9 Å². The summed E-state index contributed by atoms with van der Waals surface area (Å²) in [6.07, 6.45) is -0.723. The molecule has 2 aromatic carbocycles. The topological polar surface area (TPSA) is 93.7 Å². The molecular weight excluding hydrogens is 368 g/mol. The van der Waals surface area contributed by atoms with Crippen molar-refractivity contribution in [3.8, 4) is 11.5 Å². The van der Waals surface area contributed by atoms with Crippen LogP contribution in [0.1, 0.15) is 6.92 Å². The normalized spacial score (nSPS) is 16.4. The highest BCUT2D eigenvalue weighted by Crippen LogP contribution is 2.37. The third-order valence-corrected chi connectivity index (χ3v) is 5.44. The van der Waals surface area contributed by atoms with Gasteiger partial charge >= 0.3 is 0 Å². The first kappa shape index (κ1) is 17.4. The number of benzene rings is 2. The van der Waals surface area contributed by atoms with Gasteiger partial charge in [0.15, 0.2) is 6.10 Å². The summed E-state index contributed by atoms with van der Waals surface area (Å²) in [6, 6.07) is 9.05. The molecule has 0 bridgehead atoms. The van der Waals surface area contributed by atoms with Crippen molar-refractivity contribution in [3.05, 3.63) is 41.4 Å². The van der Waals surface area contributed by atoms with Crippen molar-refractivity contribution in [2.75, 3.05) is 17.1 Å². The van der Waals surface area contributed by atoms with Gasteiger partial charge in [-0.05, 0) is 37.3 Å². The van der Waals surface area contributed by atoms with Crippen molar-refractivity contribution >= 4 is 38.9 Å². The quantitative estimate of drug-likeness (QED) is 0.848. The molecule has 0 aliphatic carbocycles. The van der Waals surface area contributed by atoms with E-state index in [1.807, 2.05) is 0 Å². The fraction of sp³-hybridized carbons (Fsp3) is 0.188. The molecule has 0 fully saturated rings. The zero-order chi connectivity index (χ0) is 18.2. The summed E-state index contributed by atoms with van der Waals surface area (Å²) in [6.45, 7) is 1.57. The van der Waals surface area contributed by atoms with Crippen LogP contribution in [-0.2, 0) is 14.8 Å². The third-order valence-electron chi connectivity index (χ3n) is 3.60. The van der Waals surface area contributed by atoms with Gasteiger partial charge in [-0.15, -0.1) is 0 Å². The van der Waals surface area contributed by atoms with E-state index in [0.717, 1.165) is 0 Å². The van der Waals surface area contributed by atoms with E-state index < -0.39 is 16.1 Å². The molecule has 132 valence electrons. The summed E-state index contributed by atoms with van der Waals surface area (Å²) in [4.78, 5) is 11.5. The van der Waals surface area contributed by atoms with Crippen LogP contribution in [0, 0.1) is 0 Å². The summed E-state index contributed by atoms with van der Waals surface area (Å²) >= 11 is 6.10. The van der Waals surface area contributed by atoms with E-state index in [1.54, 1.807) is 31.2 Å². The van der Waals surface area contributed by atoms with Gasteiger partial charge in [0.05, 0.1) is 17.8 Å². The zero-order valence-corrected chi connectivity index (χ0v) is 14.9. The largest absolute Gasteiger partial charge is 0.497 e. The summed E-state index contributed by atoms with van der Waals surface area (Å²) in [5, 5.41) is 2.58. The molecule has 25 heavy (non-hydrogen) atoms. The Morgan fingerprint density at radius 3 is 2.56 bits per heavy atom. The minimum Gasteiger partial charge on any atom is -0.497 e. The minimum absolute atomic E-state index is 0.0294. The van der Waals surface area contributed by atoms with Gasteiger partial charge in [-0.25, -0.2) is 8.42 Å². The smallest absolute Gasteiger partial charge is 0.265 e. The first-order valence-electron chi connectivity index (χ1n) is 7.28. The highest BCUT2D eigenvalue weighted by atomic mass is 35.5. The average Bonchev–Trinajstić information content (AvgIpc) is 2.56. The SMILES string of the molecule is COc1ccc(NS(=O)(=O)c2cc3c(cc2Cl)NC(=O)C(C)O3)cc1. The third kappa shape index (κ3) is 3.49. The molecule has 1 aliphatic rings. The number of sulfonamides is 1. The van der Waals surface area contributed by atoms with Crippen LogP contribution in [0.3, 0.4) is 0 Å². The molecule has 1 amide bonds. The van der Waals surface area contributed by atoms with Crippen LogP contribution in [0.2, 0.25) is 5.02 Å². The molecule has 1 aliphatic heterocycles. The number of rotatable bonds is 4. The Morgan fingerprint density at radius 2 is 1.92 bits per heavy atom. The van der Waals surface area contributed by atoms with Crippen molar-refractivity contribution in [2.45, 2.75) is 17.9 Å². The Labute approximate surface area is 149 Å². The highest BCUT2D eigenvalue weighted by molar-refractivity contribution is 7.92. The van der Waals surface area contributed by atoms with E-state index >= 15 is 0 Å². The van der Waals surface area contributed by atoms with Crippen molar-refractivity contribution < 1.29 is 22.7 Å². The second kappa shape index (κ2) is 6.45. The molecule has 0 radical (unpaired) electrons. The van der Waals surface area contributed by atoms with Crippen LogP contribution < -0.4 is 19.5 Å². The number of halogens is 1. The molecule has 7 nitrogen and oxygen atoms in total. The number of carbonyl (C=O) groups is 1. The van der Waals surface area contributed by atoms with Crippen molar-refractivity contribution in [2.24, 2.45) is 0 Å². The molecule has 0 spiro atoms. The molecular formula is C16H15ClN2O5S. The van der Waals surface area contributed by atoms with Crippen LogP contribution in [0.5, 0.6) is 11.5 Å². The van der Waals surface area contributed by atoms with E-state index in [-0.39, 0.29) is 21.6 Å². The van der Waals surface area contributed by atoms with Gasteiger partial charge in [-0.1, -0.05) is 11.6 Å². The van der Waals surface area contributed by atoms with E-state index in [1.165, 1.54) is 19.2 Å². The van der Waals surface area contributed by atoms with E-state index in [4.69, 9.17) is 21.1 Å². The van der Waals surface area contributed by atoms with Crippen molar-refractivity contribution in [3.63, 3.8) is 0 Å². The van der Waals surface area contributed by atoms with Crippen LogP contribution in [0.25, 0.3) is 0 Å². The highest BCUT2D eigenvalue weighted by Gasteiger charge is 2.28. The first-order valence-corrected chi connectivity index (χ1v) is 9.14. The van der Waals surface area contributed by atoms with Gasteiger partial charge in [-0.2, -0.15) is 0 Å². The summed E-state index contributed by atoms with van der Waals surface area (Å²) in [5.41, 5.74) is 0.689. The molecule has 9 heteroatoms. The fourth-order valence-electron chi connectivity index (χ4n) is 2.28. The van der Waals surface area contributed by atoms with Crippen LogP contribution in [-0.4, -0.2) is 27.5 Å². The second-order valence-electron chi connectivity index (χ2n) is 5.36. The Hall–Kier alpha value is -2.45. The predicted molar refractivity (Wildman–Crippen MR) is 94.0 cm³/mol. The van der Waals surface area contributed by atoms with Crippen LogP contribution >= 0.6 is 11.6 Å². The van der Waals surface area contributed by atoms with Crippen molar-refractivity contribution in [1.82, 2.24) is 0 Å². The molecule has 0 aromatic heterocycles. The summed E-state index contributed by atoms with van der Waals surface area (Å²) in [7, 11) is -2.42. The molecule has 0 saturated heterocycles. The Morgan fingerprint density at radius 1 is 1.24 bits per heavy atom. The molecule has 0 saturated carbocycles. The maximum Gasteiger partial charge on any atom is 0.265 e. The lowest BCUT2D eigenvalue weighted by molar-refractivity contribution is -0.122. The second-order valence-corrected chi connectivity index (χ2v) is 7.42. The summed E-state index contributed by atoms with van der Waals surface area (Å²) in [5.74, 6) is 0.523. The number of anilines is 2. The molecule has 2 N–H and O–H groups in total. The Kier molecular flexibility index (Phi) is 4.49. The van der Waals surface area contributed by atoms with Crippen LogP contribution in [0.4, 0.5) is 11.4 Å². The molecule has 2 aromatic rings. The van der Waals surface area contributed by atoms with E-state index in [0.29, 0.717) is 17.1 Å². The van der Waals surface area contributed by atoms with Gasteiger partial charge in [0, 0.05) is 11.8 Å². The monoisotopic (exact) mass is 382 g/mol. The number of hydrogen-bond donors (Lipinski definition) is 2. The van der Waals surface area contributed by atoms with Gasteiger partial charge < -0.3 is 14.8 Å². The average molecular weight is 383 g/mol. The van der Waals surface area contributed by atoms with E-state index in [9.17, 15) is 13.2 Å². The molecule has 1 heterocycles. The lowest BCUT2D eigenvalue weighted by Gasteiger charge is -2.24. The molecule has 3 rings (SSSR count). The zero-order valence-electron chi connectivity index (χ0n) is 13.4.